The van der Waals surface area contributed by atoms with Crippen molar-refractivity contribution in [1.82, 2.24) is 24.5 Å². The molecule has 11 heteroatoms. The molecule has 0 bridgehead atoms. The molecule has 0 fully saturated rings. The highest BCUT2D eigenvalue weighted by atomic mass is 19.1. The topological polar surface area (TPSA) is 98.9 Å². The molecule has 0 saturated carbocycles. The van der Waals surface area contributed by atoms with Gasteiger partial charge in [-0.1, -0.05) is 13.8 Å². The molecule has 0 spiro atoms. The number of pyridine rings is 1. The number of hydrogen-bond donors (Lipinski definition) is 2. The molecule has 5 rings (SSSR count). The van der Waals surface area contributed by atoms with Gasteiger partial charge in [0.1, 0.15) is 29.0 Å². The van der Waals surface area contributed by atoms with Crippen LogP contribution in [0.1, 0.15) is 25.5 Å². The third-order valence-electron chi connectivity index (χ3n) is 5.79. The summed E-state index contributed by atoms with van der Waals surface area (Å²) in [6, 6.07) is 14.3. The van der Waals surface area contributed by atoms with Gasteiger partial charge in [0, 0.05) is 43.2 Å². The summed E-state index contributed by atoms with van der Waals surface area (Å²) in [6.45, 7) is 3.93. The van der Waals surface area contributed by atoms with E-state index in [4.69, 9.17) is 4.74 Å². The zero-order valence-electron chi connectivity index (χ0n) is 21.4. The van der Waals surface area contributed by atoms with Gasteiger partial charge in [-0.05, 0) is 48.4 Å². The first-order chi connectivity index (χ1) is 18.7. The fourth-order valence-corrected chi connectivity index (χ4v) is 3.80. The standard InChI is InChI=1S/C28H25F2N7O2/c1-17(2)25-14-27(37(35-25)20-6-4-19(29)5-7-20)34-28(38)33-24-9-8-21(12-23(24)30)39-22-10-11-31-26(13-22)18-15-32-36(3)16-18/h4-17H,1-3H3,(H2,33,34,38). The van der Waals surface area contributed by atoms with Gasteiger partial charge in [-0.2, -0.15) is 10.2 Å². The average molecular weight is 530 g/mol. The largest absolute Gasteiger partial charge is 0.457 e. The lowest BCUT2D eigenvalue weighted by atomic mass is 10.1. The second-order valence-corrected chi connectivity index (χ2v) is 9.10. The summed E-state index contributed by atoms with van der Waals surface area (Å²) >= 11 is 0. The molecule has 0 aliphatic carbocycles. The van der Waals surface area contributed by atoms with Crippen LogP contribution in [0.25, 0.3) is 16.9 Å². The van der Waals surface area contributed by atoms with Crippen molar-refractivity contribution >= 4 is 17.5 Å². The number of carbonyl (C=O) groups is 1. The number of hydrogen-bond acceptors (Lipinski definition) is 5. The van der Waals surface area contributed by atoms with Gasteiger partial charge in [0.25, 0.3) is 0 Å². The van der Waals surface area contributed by atoms with E-state index in [1.54, 1.807) is 53.5 Å². The fourth-order valence-electron chi connectivity index (χ4n) is 3.80. The molecule has 2 N–H and O–H groups in total. The molecule has 2 amide bonds. The minimum atomic E-state index is -0.681. The number of urea groups is 1. The van der Waals surface area contributed by atoms with E-state index in [0.29, 0.717) is 22.9 Å². The third-order valence-corrected chi connectivity index (χ3v) is 5.79. The molecule has 0 aliphatic rings. The van der Waals surface area contributed by atoms with E-state index >= 15 is 0 Å². The van der Waals surface area contributed by atoms with Crippen LogP contribution in [0.3, 0.4) is 0 Å². The smallest absolute Gasteiger partial charge is 0.324 e. The van der Waals surface area contributed by atoms with Gasteiger partial charge in [-0.3, -0.25) is 15.0 Å². The Kier molecular flexibility index (Phi) is 7.04. The summed E-state index contributed by atoms with van der Waals surface area (Å²) in [4.78, 5) is 17.1. The van der Waals surface area contributed by atoms with Crippen molar-refractivity contribution in [3.05, 3.63) is 96.6 Å². The summed E-state index contributed by atoms with van der Waals surface area (Å²) in [5.74, 6) is 0.0861. The van der Waals surface area contributed by atoms with Crippen LogP contribution in [-0.4, -0.2) is 30.6 Å². The minimum Gasteiger partial charge on any atom is -0.457 e. The van der Waals surface area contributed by atoms with E-state index < -0.39 is 11.8 Å². The first kappa shape index (κ1) is 25.6. The molecule has 0 radical (unpaired) electrons. The summed E-state index contributed by atoms with van der Waals surface area (Å²) in [6.07, 6.45) is 5.11. The van der Waals surface area contributed by atoms with E-state index in [9.17, 15) is 13.6 Å². The predicted octanol–water partition coefficient (Wildman–Crippen LogP) is 6.51. The number of nitrogens with one attached hydrogen (secondary N) is 2. The van der Waals surface area contributed by atoms with Crippen LogP contribution in [0.15, 0.2) is 79.3 Å². The fraction of sp³-hybridized carbons (Fsp3) is 0.143. The van der Waals surface area contributed by atoms with E-state index in [1.807, 2.05) is 27.1 Å². The molecule has 5 aromatic rings. The van der Waals surface area contributed by atoms with Crippen molar-refractivity contribution in [3.8, 4) is 28.4 Å². The Labute approximate surface area is 223 Å². The summed E-state index contributed by atoms with van der Waals surface area (Å²) in [5, 5.41) is 13.9. The van der Waals surface area contributed by atoms with Crippen LogP contribution in [0.2, 0.25) is 0 Å². The first-order valence-electron chi connectivity index (χ1n) is 12.1. The van der Waals surface area contributed by atoms with Gasteiger partial charge >= 0.3 is 6.03 Å². The maximum atomic E-state index is 14.9. The van der Waals surface area contributed by atoms with Crippen LogP contribution in [0, 0.1) is 11.6 Å². The zero-order chi connectivity index (χ0) is 27.5. The monoisotopic (exact) mass is 529 g/mol. The molecule has 3 aromatic heterocycles. The van der Waals surface area contributed by atoms with Crippen molar-refractivity contribution in [2.75, 3.05) is 10.6 Å². The van der Waals surface area contributed by atoms with Gasteiger partial charge in [0.2, 0.25) is 0 Å². The second kappa shape index (κ2) is 10.7. The molecule has 2 aromatic carbocycles. The Morgan fingerprint density at radius 1 is 0.974 bits per heavy atom. The molecule has 0 aliphatic heterocycles. The molecule has 39 heavy (non-hydrogen) atoms. The lowest BCUT2D eigenvalue weighted by Gasteiger charge is -2.12. The molecule has 0 saturated heterocycles. The summed E-state index contributed by atoms with van der Waals surface area (Å²) in [7, 11) is 1.81. The molecule has 9 nitrogen and oxygen atoms in total. The second-order valence-electron chi connectivity index (χ2n) is 9.10. The summed E-state index contributed by atoms with van der Waals surface area (Å²) in [5.41, 5.74) is 2.74. The Morgan fingerprint density at radius 3 is 2.44 bits per heavy atom. The SMILES string of the molecule is CC(C)c1cc(NC(=O)Nc2ccc(Oc3ccnc(-c4cnn(C)c4)c3)cc2F)n(-c2ccc(F)cc2)n1. The van der Waals surface area contributed by atoms with Gasteiger partial charge in [-0.25, -0.2) is 18.3 Å². The maximum Gasteiger partial charge on any atom is 0.324 e. The van der Waals surface area contributed by atoms with Crippen molar-refractivity contribution in [1.29, 1.82) is 0 Å². The predicted molar refractivity (Wildman–Crippen MR) is 143 cm³/mol. The number of benzene rings is 2. The Hall–Kier alpha value is -5.06. The highest BCUT2D eigenvalue weighted by Crippen LogP contribution is 2.28. The van der Waals surface area contributed by atoms with E-state index in [-0.39, 0.29) is 23.2 Å². The van der Waals surface area contributed by atoms with Crippen LogP contribution >= 0.6 is 0 Å². The van der Waals surface area contributed by atoms with Crippen molar-refractivity contribution in [2.24, 2.45) is 7.05 Å². The van der Waals surface area contributed by atoms with Gasteiger partial charge in [0.05, 0.1) is 29.0 Å². The average Bonchev–Trinajstić information content (AvgIpc) is 3.53. The molecule has 3 heterocycles. The molecule has 0 atom stereocenters. The quantitative estimate of drug-likeness (QED) is 0.251. The number of amides is 2. The van der Waals surface area contributed by atoms with Crippen molar-refractivity contribution in [2.45, 2.75) is 19.8 Å². The Bertz CT molecular complexity index is 1630. The molecule has 198 valence electrons. The molecular weight excluding hydrogens is 504 g/mol. The molecule has 0 unspecified atom stereocenters. The van der Waals surface area contributed by atoms with Crippen molar-refractivity contribution in [3.63, 3.8) is 0 Å². The number of aryl methyl sites for hydroxylation is 1. The molecular formula is C28H25F2N7O2. The number of rotatable bonds is 7. The van der Waals surface area contributed by atoms with Crippen LogP contribution in [-0.2, 0) is 7.05 Å². The van der Waals surface area contributed by atoms with E-state index in [0.717, 1.165) is 11.3 Å². The van der Waals surface area contributed by atoms with Gasteiger partial charge < -0.3 is 10.1 Å². The Morgan fingerprint density at radius 2 is 1.74 bits per heavy atom. The summed E-state index contributed by atoms with van der Waals surface area (Å²) < 4.78 is 37.3. The maximum absolute atomic E-state index is 14.9. The normalized spacial score (nSPS) is 11.0. The first-order valence-corrected chi connectivity index (χ1v) is 12.1. The number of nitrogens with zero attached hydrogens (tertiary/aromatic N) is 5. The Balaban J connectivity index is 1.29. The number of aromatic nitrogens is 5. The van der Waals surface area contributed by atoms with E-state index in [1.165, 1.54) is 28.9 Å². The van der Waals surface area contributed by atoms with Gasteiger partial charge in [0.15, 0.2) is 0 Å². The van der Waals surface area contributed by atoms with Crippen LogP contribution < -0.4 is 15.4 Å². The minimum absolute atomic E-state index is 0.0393. The lowest BCUT2D eigenvalue weighted by molar-refractivity contribution is 0.262. The number of halogens is 2. The van der Waals surface area contributed by atoms with Crippen LogP contribution in [0.5, 0.6) is 11.5 Å². The highest BCUT2D eigenvalue weighted by molar-refractivity contribution is 5.99. The number of ether oxygens (including phenoxy) is 1. The van der Waals surface area contributed by atoms with E-state index in [2.05, 4.69) is 25.8 Å². The lowest BCUT2D eigenvalue weighted by Crippen LogP contribution is -2.22. The number of carbonyl (C=O) groups excluding carboxylic acids is 1. The van der Waals surface area contributed by atoms with Crippen LogP contribution in [0.4, 0.5) is 25.1 Å². The van der Waals surface area contributed by atoms with Crippen molar-refractivity contribution < 1.29 is 18.3 Å². The zero-order valence-corrected chi connectivity index (χ0v) is 21.4. The van der Waals surface area contributed by atoms with Gasteiger partial charge in [-0.15, -0.1) is 0 Å². The number of anilines is 2. The third kappa shape index (κ3) is 5.93. The highest BCUT2D eigenvalue weighted by Gasteiger charge is 2.16.